The van der Waals surface area contributed by atoms with Crippen LogP contribution in [0.4, 0.5) is 13.2 Å². The highest BCUT2D eigenvalue weighted by molar-refractivity contribution is 6.55. The van der Waals surface area contributed by atoms with E-state index in [1.807, 2.05) is 27.7 Å². The summed E-state index contributed by atoms with van der Waals surface area (Å²) in [5.41, 5.74) is -1.60. The molecule has 25 heavy (non-hydrogen) atoms. The van der Waals surface area contributed by atoms with E-state index in [-0.39, 0.29) is 5.56 Å². The molecular formula is C17H23BF3NO3. The Kier molecular flexibility index (Phi) is 5.28. The van der Waals surface area contributed by atoms with E-state index < -0.39 is 35.8 Å². The van der Waals surface area contributed by atoms with E-state index in [4.69, 9.17) is 9.31 Å². The average molecular weight is 357 g/mol. The summed E-state index contributed by atoms with van der Waals surface area (Å²) in [5, 5.41) is 12.3. The quantitative estimate of drug-likeness (QED) is 0.808. The lowest BCUT2D eigenvalue weighted by Gasteiger charge is -2.32. The van der Waals surface area contributed by atoms with Crippen LogP contribution in [0, 0.1) is 0 Å². The third-order valence-corrected chi connectivity index (χ3v) is 4.62. The largest absolute Gasteiger partial charge is 0.508 e. The summed E-state index contributed by atoms with van der Waals surface area (Å²) in [6.45, 7) is 7.82. The Balaban J connectivity index is 2.46. The van der Waals surface area contributed by atoms with Gasteiger partial charge in [0.25, 0.3) is 0 Å². The molecule has 1 saturated heterocycles. The fourth-order valence-electron chi connectivity index (χ4n) is 2.52. The predicted molar refractivity (Wildman–Crippen MR) is 91.1 cm³/mol. The van der Waals surface area contributed by atoms with Gasteiger partial charge < -0.3 is 19.7 Å². The molecule has 8 heteroatoms. The van der Waals surface area contributed by atoms with E-state index in [9.17, 15) is 18.3 Å². The van der Waals surface area contributed by atoms with Crippen molar-refractivity contribution in [3.05, 3.63) is 34.8 Å². The predicted octanol–water partition coefficient (Wildman–Crippen LogP) is 3.65. The molecule has 1 aliphatic heterocycles. The van der Waals surface area contributed by atoms with Crippen LogP contribution in [-0.4, -0.2) is 37.0 Å². The van der Waals surface area contributed by atoms with Crippen LogP contribution in [0.25, 0.3) is 6.08 Å². The number of phenols is 1. The number of phenolic OH excluding ortho intramolecular Hbond substituents is 1. The van der Waals surface area contributed by atoms with Crippen molar-refractivity contribution in [1.82, 2.24) is 5.32 Å². The molecule has 1 fully saturated rings. The second-order valence-corrected chi connectivity index (χ2v) is 7.11. The van der Waals surface area contributed by atoms with Crippen LogP contribution in [0.15, 0.2) is 23.7 Å². The summed E-state index contributed by atoms with van der Waals surface area (Å²) >= 11 is 0. The first kappa shape index (κ1) is 19.8. The van der Waals surface area contributed by atoms with Gasteiger partial charge in [-0.15, -0.1) is 0 Å². The fraction of sp³-hybridized carbons (Fsp3) is 0.529. The zero-order valence-electron chi connectivity index (χ0n) is 15.0. The van der Waals surface area contributed by atoms with Crippen molar-refractivity contribution in [3.63, 3.8) is 0 Å². The molecule has 1 heterocycles. The maximum Gasteiger partial charge on any atom is 0.491 e. The van der Waals surface area contributed by atoms with Gasteiger partial charge in [-0.05, 0) is 57.9 Å². The van der Waals surface area contributed by atoms with Crippen LogP contribution in [0.1, 0.15) is 38.8 Å². The van der Waals surface area contributed by atoms with E-state index in [2.05, 4.69) is 5.32 Å². The first-order chi connectivity index (χ1) is 11.4. The van der Waals surface area contributed by atoms with Gasteiger partial charge in [-0.3, -0.25) is 0 Å². The van der Waals surface area contributed by atoms with Gasteiger partial charge in [0.2, 0.25) is 0 Å². The van der Waals surface area contributed by atoms with Crippen molar-refractivity contribution in [3.8, 4) is 5.75 Å². The smallest absolute Gasteiger partial charge is 0.491 e. The maximum absolute atomic E-state index is 13.3. The van der Waals surface area contributed by atoms with E-state index in [1.165, 1.54) is 18.2 Å². The Morgan fingerprint density at radius 3 is 2.24 bits per heavy atom. The Labute approximate surface area is 146 Å². The van der Waals surface area contributed by atoms with Crippen LogP contribution in [0.3, 0.4) is 0 Å². The molecule has 0 radical (unpaired) electrons. The zero-order valence-corrected chi connectivity index (χ0v) is 15.0. The Morgan fingerprint density at radius 1 is 1.20 bits per heavy atom. The van der Waals surface area contributed by atoms with Gasteiger partial charge in [-0.25, -0.2) is 0 Å². The monoisotopic (exact) mass is 357 g/mol. The summed E-state index contributed by atoms with van der Waals surface area (Å²) in [4.78, 5) is 0. The van der Waals surface area contributed by atoms with Gasteiger partial charge in [-0.2, -0.15) is 13.2 Å². The van der Waals surface area contributed by atoms with E-state index in [1.54, 1.807) is 7.05 Å². The second kappa shape index (κ2) is 6.66. The zero-order chi connectivity index (χ0) is 19.0. The molecule has 0 aliphatic carbocycles. The summed E-state index contributed by atoms with van der Waals surface area (Å²) in [6.07, 6.45) is -3.17. The van der Waals surface area contributed by atoms with Gasteiger partial charge in [0, 0.05) is 6.54 Å². The van der Waals surface area contributed by atoms with Crippen molar-refractivity contribution >= 4 is 13.2 Å². The average Bonchev–Trinajstić information content (AvgIpc) is 2.67. The van der Waals surface area contributed by atoms with Gasteiger partial charge in [0.1, 0.15) is 5.75 Å². The molecule has 0 aromatic heterocycles. The van der Waals surface area contributed by atoms with Crippen LogP contribution in [0.2, 0.25) is 0 Å². The normalized spacial score (nSPS) is 20.2. The highest BCUT2D eigenvalue weighted by atomic mass is 19.4. The molecule has 2 rings (SSSR count). The fourth-order valence-corrected chi connectivity index (χ4v) is 2.52. The van der Waals surface area contributed by atoms with E-state index >= 15 is 0 Å². The van der Waals surface area contributed by atoms with Crippen LogP contribution in [-0.2, 0) is 15.5 Å². The minimum Gasteiger partial charge on any atom is -0.508 e. The van der Waals surface area contributed by atoms with Crippen molar-refractivity contribution in [2.75, 3.05) is 13.6 Å². The van der Waals surface area contributed by atoms with Gasteiger partial charge in [0.05, 0.1) is 16.8 Å². The number of aromatic hydroxyl groups is 1. The molecule has 0 saturated carbocycles. The standard InChI is InChI=1S/C17H23BF3NO3/c1-15(2)16(3,4)25-18(24-15)12(10-22-5)8-11-6-7-13(23)9-14(11)17(19,20)21/h6-9,22-23H,10H2,1-5H3. The topological polar surface area (TPSA) is 50.7 Å². The third kappa shape index (κ3) is 4.19. The van der Waals surface area contributed by atoms with E-state index in [0.29, 0.717) is 18.1 Å². The number of nitrogens with one attached hydrogen (secondary N) is 1. The first-order valence-corrected chi connectivity index (χ1v) is 7.98. The van der Waals surface area contributed by atoms with Crippen molar-refractivity contribution < 1.29 is 27.6 Å². The SMILES string of the molecule is CNCC(=Cc1ccc(O)cc1C(F)(F)F)B1OC(C)(C)C(C)(C)O1. The minimum atomic E-state index is -4.58. The Morgan fingerprint density at radius 2 is 1.76 bits per heavy atom. The Bertz CT molecular complexity index is 656. The summed E-state index contributed by atoms with van der Waals surface area (Å²) in [5.74, 6) is -0.435. The molecular weight excluding hydrogens is 334 g/mol. The number of alkyl halides is 3. The van der Waals surface area contributed by atoms with Crippen molar-refractivity contribution in [2.24, 2.45) is 0 Å². The Hall–Kier alpha value is -1.51. The third-order valence-electron chi connectivity index (χ3n) is 4.62. The molecule has 138 valence electrons. The summed E-state index contributed by atoms with van der Waals surface area (Å²) in [6, 6.07) is 3.18. The number of hydrogen-bond acceptors (Lipinski definition) is 4. The lowest BCUT2D eigenvalue weighted by atomic mass is 9.76. The van der Waals surface area contributed by atoms with Crippen LogP contribution in [0.5, 0.6) is 5.75 Å². The van der Waals surface area contributed by atoms with Crippen LogP contribution < -0.4 is 5.32 Å². The molecule has 1 aliphatic rings. The van der Waals surface area contributed by atoms with Crippen molar-refractivity contribution in [1.29, 1.82) is 0 Å². The number of hydrogen-bond donors (Lipinski definition) is 2. The summed E-state index contributed by atoms with van der Waals surface area (Å²) in [7, 11) is 0.938. The molecule has 4 nitrogen and oxygen atoms in total. The molecule has 0 spiro atoms. The van der Waals surface area contributed by atoms with Gasteiger partial charge >= 0.3 is 13.3 Å². The number of rotatable bonds is 4. The van der Waals surface area contributed by atoms with Gasteiger partial charge in [-0.1, -0.05) is 12.1 Å². The highest BCUT2D eigenvalue weighted by Gasteiger charge is 2.52. The number of likely N-dealkylation sites (N-methyl/N-ethyl adjacent to an activating group) is 1. The molecule has 2 N–H and O–H groups in total. The van der Waals surface area contributed by atoms with Gasteiger partial charge in [0.15, 0.2) is 0 Å². The number of benzene rings is 1. The lowest BCUT2D eigenvalue weighted by molar-refractivity contribution is -0.137. The molecule has 1 aromatic rings. The van der Waals surface area contributed by atoms with Crippen molar-refractivity contribution in [2.45, 2.75) is 45.1 Å². The maximum atomic E-state index is 13.3. The van der Waals surface area contributed by atoms with Crippen LogP contribution >= 0.6 is 0 Å². The first-order valence-electron chi connectivity index (χ1n) is 7.98. The molecule has 0 amide bonds. The summed E-state index contributed by atoms with van der Waals surface area (Å²) < 4.78 is 51.7. The molecule has 0 atom stereocenters. The number of halogens is 3. The molecule has 0 bridgehead atoms. The second-order valence-electron chi connectivity index (χ2n) is 7.11. The lowest BCUT2D eigenvalue weighted by Crippen LogP contribution is -2.41. The van der Waals surface area contributed by atoms with E-state index in [0.717, 1.165) is 0 Å². The minimum absolute atomic E-state index is 0.0507. The molecule has 0 unspecified atom stereocenters. The molecule has 1 aromatic carbocycles. The highest BCUT2D eigenvalue weighted by Crippen LogP contribution is 2.40.